The summed E-state index contributed by atoms with van der Waals surface area (Å²) in [5.74, 6) is -0.633. The molecule has 0 radical (unpaired) electrons. The van der Waals surface area contributed by atoms with E-state index in [1.54, 1.807) is 6.92 Å². The third-order valence-electron chi connectivity index (χ3n) is 3.19. The lowest BCUT2D eigenvalue weighted by Gasteiger charge is -2.08. The highest BCUT2D eigenvalue weighted by Gasteiger charge is 2.14. The number of aromatic hydroxyl groups is 2. The summed E-state index contributed by atoms with van der Waals surface area (Å²) in [5.41, 5.74) is 2.86. The van der Waals surface area contributed by atoms with Crippen LogP contribution < -0.4 is 10.2 Å². The molecule has 8 heteroatoms. The van der Waals surface area contributed by atoms with E-state index < -0.39 is 5.91 Å². The number of hydrazone groups is 1. The van der Waals surface area contributed by atoms with Crippen LogP contribution in [0.2, 0.25) is 10.0 Å². The first-order chi connectivity index (χ1) is 11.3. The predicted octanol–water partition coefficient (Wildman–Crippen LogP) is 3.57. The molecule has 24 heavy (non-hydrogen) atoms. The molecule has 2 aromatic rings. The van der Waals surface area contributed by atoms with E-state index in [0.717, 1.165) is 0 Å². The second kappa shape index (κ2) is 7.42. The summed E-state index contributed by atoms with van der Waals surface area (Å²) in [6.45, 7) is 1.56. The van der Waals surface area contributed by atoms with E-state index in [1.807, 2.05) is 0 Å². The summed E-state index contributed by atoms with van der Waals surface area (Å²) < 4.78 is 5.01. The van der Waals surface area contributed by atoms with Gasteiger partial charge in [-0.15, -0.1) is 0 Å². The van der Waals surface area contributed by atoms with Crippen LogP contribution in [0.3, 0.4) is 0 Å². The van der Waals surface area contributed by atoms with Crippen LogP contribution in [0.4, 0.5) is 0 Å². The monoisotopic (exact) mass is 368 g/mol. The van der Waals surface area contributed by atoms with Gasteiger partial charge in [-0.1, -0.05) is 23.2 Å². The zero-order valence-electron chi connectivity index (χ0n) is 12.8. The van der Waals surface area contributed by atoms with Gasteiger partial charge in [0.25, 0.3) is 5.91 Å². The van der Waals surface area contributed by atoms with Crippen molar-refractivity contribution in [1.82, 2.24) is 5.43 Å². The summed E-state index contributed by atoms with van der Waals surface area (Å²) in [7, 11) is 1.45. The molecule has 126 valence electrons. The third kappa shape index (κ3) is 3.90. The molecule has 2 aromatic carbocycles. The molecule has 0 aliphatic carbocycles. The van der Waals surface area contributed by atoms with Crippen molar-refractivity contribution >= 4 is 34.8 Å². The Morgan fingerprint density at radius 1 is 1.17 bits per heavy atom. The number of hydrogen-bond acceptors (Lipinski definition) is 5. The van der Waals surface area contributed by atoms with Crippen molar-refractivity contribution in [3.63, 3.8) is 0 Å². The average Bonchev–Trinajstić information content (AvgIpc) is 2.56. The summed E-state index contributed by atoms with van der Waals surface area (Å²) in [4.78, 5) is 12.1. The molecule has 6 nitrogen and oxygen atoms in total. The van der Waals surface area contributed by atoms with Gasteiger partial charge in [0.1, 0.15) is 17.2 Å². The lowest BCUT2D eigenvalue weighted by molar-refractivity contribution is 0.0951. The molecule has 3 N–H and O–H groups in total. The number of nitrogens with zero attached hydrogens (tertiary/aromatic N) is 1. The molecule has 0 atom stereocenters. The van der Waals surface area contributed by atoms with Gasteiger partial charge in [0.2, 0.25) is 0 Å². The van der Waals surface area contributed by atoms with E-state index in [1.165, 1.54) is 37.4 Å². The zero-order chi connectivity index (χ0) is 17.9. The van der Waals surface area contributed by atoms with Gasteiger partial charge in [-0.3, -0.25) is 4.79 Å². The molecular weight excluding hydrogens is 355 g/mol. The predicted molar refractivity (Wildman–Crippen MR) is 92.5 cm³/mol. The molecule has 0 fully saturated rings. The summed E-state index contributed by atoms with van der Waals surface area (Å²) in [5, 5.41) is 24.0. The maximum atomic E-state index is 12.1. The van der Waals surface area contributed by atoms with Crippen LogP contribution in [-0.2, 0) is 0 Å². The minimum Gasteiger partial charge on any atom is -0.507 e. The normalized spacial score (nSPS) is 11.2. The minimum absolute atomic E-state index is 0.000696. The molecule has 0 saturated carbocycles. The van der Waals surface area contributed by atoms with Gasteiger partial charge in [-0.25, -0.2) is 5.43 Å². The van der Waals surface area contributed by atoms with E-state index in [9.17, 15) is 15.0 Å². The van der Waals surface area contributed by atoms with Crippen LogP contribution >= 0.6 is 23.2 Å². The van der Waals surface area contributed by atoms with Crippen molar-refractivity contribution in [1.29, 1.82) is 0 Å². The lowest BCUT2D eigenvalue weighted by Crippen LogP contribution is -2.19. The molecule has 0 unspecified atom stereocenters. The van der Waals surface area contributed by atoms with E-state index in [4.69, 9.17) is 27.9 Å². The lowest BCUT2D eigenvalue weighted by atomic mass is 10.1. The quantitative estimate of drug-likeness (QED) is 0.568. The maximum absolute atomic E-state index is 12.1. The van der Waals surface area contributed by atoms with Gasteiger partial charge in [-0.05, 0) is 37.3 Å². The second-order valence-corrected chi connectivity index (χ2v) is 5.65. The first kappa shape index (κ1) is 17.9. The molecule has 0 spiro atoms. The number of nitrogens with one attached hydrogen (secondary N) is 1. The number of methoxy groups -OCH3 is 1. The number of ether oxygens (including phenoxy) is 1. The number of amides is 1. The fourth-order valence-corrected chi connectivity index (χ4v) is 2.41. The Kier molecular flexibility index (Phi) is 5.54. The Morgan fingerprint density at radius 2 is 1.88 bits per heavy atom. The highest BCUT2D eigenvalue weighted by Crippen LogP contribution is 2.31. The van der Waals surface area contributed by atoms with Crippen LogP contribution in [-0.4, -0.2) is 28.9 Å². The highest BCUT2D eigenvalue weighted by molar-refractivity contribution is 6.36. The van der Waals surface area contributed by atoms with Gasteiger partial charge < -0.3 is 14.9 Å². The van der Waals surface area contributed by atoms with Crippen molar-refractivity contribution in [2.45, 2.75) is 6.92 Å². The SMILES string of the molecule is COc1ccc(O)c(C(=O)NN=C(C)c2cc(Cl)cc(Cl)c2O)c1. The number of phenolic OH excluding ortho intramolecular Hbond substituents is 2. The topological polar surface area (TPSA) is 91.2 Å². The smallest absolute Gasteiger partial charge is 0.275 e. The van der Waals surface area contributed by atoms with Crippen molar-refractivity contribution in [2.24, 2.45) is 5.10 Å². The summed E-state index contributed by atoms with van der Waals surface area (Å²) >= 11 is 11.7. The van der Waals surface area contributed by atoms with Crippen LogP contribution in [0, 0.1) is 0 Å². The zero-order valence-corrected chi connectivity index (χ0v) is 14.3. The molecule has 0 saturated heterocycles. The number of carbonyl (C=O) groups is 1. The van der Waals surface area contributed by atoms with Gasteiger partial charge in [0.15, 0.2) is 0 Å². The molecular formula is C16H14Cl2N2O4. The molecule has 0 aliphatic rings. The molecule has 2 rings (SSSR count). The van der Waals surface area contributed by atoms with Gasteiger partial charge in [0.05, 0.1) is 23.4 Å². The minimum atomic E-state index is -0.640. The van der Waals surface area contributed by atoms with Crippen LogP contribution in [0.15, 0.2) is 35.4 Å². The fraction of sp³-hybridized carbons (Fsp3) is 0.125. The first-order valence-corrected chi connectivity index (χ1v) is 7.49. The highest BCUT2D eigenvalue weighted by atomic mass is 35.5. The summed E-state index contributed by atoms with van der Waals surface area (Å²) in [6.07, 6.45) is 0. The van der Waals surface area contributed by atoms with Gasteiger partial charge >= 0.3 is 0 Å². The molecule has 0 aromatic heterocycles. The largest absolute Gasteiger partial charge is 0.507 e. The van der Waals surface area contributed by atoms with Crippen molar-refractivity contribution in [2.75, 3.05) is 7.11 Å². The number of rotatable bonds is 4. The van der Waals surface area contributed by atoms with Gasteiger partial charge in [-0.2, -0.15) is 5.10 Å². The Balaban J connectivity index is 2.26. The third-order valence-corrected chi connectivity index (χ3v) is 3.70. The fourth-order valence-electron chi connectivity index (χ4n) is 1.92. The summed E-state index contributed by atoms with van der Waals surface area (Å²) in [6, 6.07) is 7.10. The number of carbonyl (C=O) groups excluding carboxylic acids is 1. The Morgan fingerprint density at radius 3 is 2.54 bits per heavy atom. The van der Waals surface area contributed by atoms with Gasteiger partial charge in [0, 0.05) is 10.6 Å². The van der Waals surface area contributed by atoms with E-state index in [0.29, 0.717) is 10.8 Å². The first-order valence-electron chi connectivity index (χ1n) is 6.73. The Hall–Kier alpha value is -2.44. The number of benzene rings is 2. The van der Waals surface area contributed by atoms with E-state index >= 15 is 0 Å². The molecule has 1 amide bonds. The molecule has 0 heterocycles. The van der Waals surface area contributed by atoms with Crippen molar-refractivity contribution < 1.29 is 19.7 Å². The molecule has 0 aliphatic heterocycles. The van der Waals surface area contributed by atoms with E-state index in [2.05, 4.69) is 10.5 Å². The average molecular weight is 369 g/mol. The molecule has 0 bridgehead atoms. The van der Waals surface area contributed by atoms with Crippen molar-refractivity contribution in [3.8, 4) is 17.2 Å². The van der Waals surface area contributed by atoms with E-state index in [-0.39, 0.29) is 33.4 Å². The maximum Gasteiger partial charge on any atom is 0.275 e. The number of halogens is 2. The second-order valence-electron chi connectivity index (χ2n) is 4.80. The van der Waals surface area contributed by atoms with Crippen LogP contribution in [0.5, 0.6) is 17.2 Å². The van der Waals surface area contributed by atoms with Crippen molar-refractivity contribution in [3.05, 3.63) is 51.5 Å². The Labute approximate surface area is 148 Å². The number of phenols is 2. The standard InChI is InChI=1S/C16H14Cl2N2O4/c1-8(11-5-9(17)6-13(18)15(11)22)19-20-16(23)12-7-10(24-2)3-4-14(12)21/h3-7,21-22H,1-2H3,(H,20,23). The van der Waals surface area contributed by atoms with Crippen LogP contribution in [0.1, 0.15) is 22.8 Å². The number of hydrogen-bond donors (Lipinski definition) is 3. The Bertz CT molecular complexity index is 822. The van der Waals surface area contributed by atoms with Crippen LogP contribution in [0.25, 0.3) is 0 Å².